The third-order valence-corrected chi connectivity index (χ3v) is 10.7. The van der Waals surface area contributed by atoms with Crippen LogP contribution in [0.15, 0.2) is 72.7 Å². The van der Waals surface area contributed by atoms with Gasteiger partial charge in [0.15, 0.2) is 5.79 Å². The molecule has 0 radical (unpaired) electrons. The van der Waals surface area contributed by atoms with E-state index < -0.39 is 24.8 Å². The molecule has 4 fully saturated rings. The van der Waals surface area contributed by atoms with Gasteiger partial charge in [-0.05, 0) is 83.7 Å². The summed E-state index contributed by atoms with van der Waals surface area (Å²) in [7, 11) is -4.22. The molecule has 2 aromatic rings. The minimum atomic E-state index is -4.22. The predicted octanol–water partition coefficient (Wildman–Crippen LogP) is 7.08. The first-order valence-electron chi connectivity index (χ1n) is 16.0. The topological polar surface area (TPSA) is 100 Å². The highest BCUT2D eigenvalue weighted by Gasteiger charge is 2.60. The minimum Gasteiger partial charge on any atom is -0.456 e. The van der Waals surface area contributed by atoms with Crippen LogP contribution in [0, 0.1) is 0 Å². The van der Waals surface area contributed by atoms with E-state index in [0.717, 1.165) is 12.8 Å². The Morgan fingerprint density at radius 2 is 1.36 bits per heavy atom. The van der Waals surface area contributed by atoms with Crippen LogP contribution >= 0.6 is 7.82 Å². The van der Waals surface area contributed by atoms with E-state index in [1.165, 1.54) is 0 Å². The summed E-state index contributed by atoms with van der Waals surface area (Å²) in [6, 6.07) is 17.6. The molecular formula is C34H43O10P. The molecule has 0 aliphatic carbocycles. The average Bonchev–Trinajstić information content (AvgIpc) is 3.24. The lowest BCUT2D eigenvalue weighted by atomic mass is 9.74. The third kappa shape index (κ3) is 6.64. The predicted molar refractivity (Wildman–Crippen MR) is 164 cm³/mol. The van der Waals surface area contributed by atoms with Gasteiger partial charge in [-0.3, -0.25) is 0 Å². The number of ether oxygens (including phenoxy) is 6. The summed E-state index contributed by atoms with van der Waals surface area (Å²) < 4.78 is 70.9. The lowest BCUT2D eigenvalue weighted by molar-refractivity contribution is -0.332. The van der Waals surface area contributed by atoms with E-state index in [0.29, 0.717) is 43.8 Å². The van der Waals surface area contributed by atoms with Crippen LogP contribution in [-0.2, 0) is 37.5 Å². The second-order valence-electron chi connectivity index (χ2n) is 13.5. The molecule has 5 aliphatic heterocycles. The summed E-state index contributed by atoms with van der Waals surface area (Å²) in [5.74, 6) is 0.154. The maximum absolute atomic E-state index is 14.1. The number of phosphoric acid groups is 1. The maximum Gasteiger partial charge on any atom is 0.649 e. The van der Waals surface area contributed by atoms with Gasteiger partial charge in [0.05, 0.1) is 42.7 Å². The van der Waals surface area contributed by atoms with Crippen LogP contribution in [0.25, 0.3) is 0 Å². The quantitative estimate of drug-likeness (QED) is 0.304. The van der Waals surface area contributed by atoms with Crippen LogP contribution < -0.4 is 9.05 Å². The number of rotatable bonds is 6. The van der Waals surface area contributed by atoms with E-state index in [4.69, 9.17) is 42.0 Å². The number of phosphoric ester groups is 1. The molecule has 0 saturated carbocycles. The number of hydrogen-bond donors (Lipinski definition) is 0. The van der Waals surface area contributed by atoms with Crippen molar-refractivity contribution in [3.05, 3.63) is 72.7 Å². The molecule has 10 nitrogen and oxygen atoms in total. The molecule has 0 aromatic heterocycles. The van der Waals surface area contributed by atoms with Gasteiger partial charge >= 0.3 is 7.82 Å². The molecule has 8 atom stereocenters. The average molecular weight is 643 g/mol. The normalized spacial score (nSPS) is 37.5. The Hall–Kier alpha value is -2.59. The molecule has 2 aromatic carbocycles. The van der Waals surface area contributed by atoms with E-state index in [2.05, 4.69) is 6.92 Å². The van der Waals surface area contributed by atoms with Crippen LogP contribution in [0.2, 0.25) is 0 Å². The molecule has 0 spiro atoms. The Balaban J connectivity index is 1.08. The Kier molecular flexibility index (Phi) is 8.20. The van der Waals surface area contributed by atoms with Crippen molar-refractivity contribution >= 4 is 7.82 Å². The fraction of sp³-hybridized carbons (Fsp3) is 0.588. The third-order valence-electron chi connectivity index (χ3n) is 9.40. The molecular weight excluding hydrogens is 599 g/mol. The molecule has 5 aliphatic rings. The van der Waals surface area contributed by atoms with Crippen LogP contribution in [-0.4, -0.2) is 60.2 Å². The van der Waals surface area contributed by atoms with E-state index >= 15 is 0 Å². The van der Waals surface area contributed by atoms with Crippen molar-refractivity contribution in [1.82, 2.24) is 0 Å². The molecule has 45 heavy (non-hydrogen) atoms. The Morgan fingerprint density at radius 3 is 2.02 bits per heavy atom. The molecule has 7 rings (SSSR count). The van der Waals surface area contributed by atoms with Crippen LogP contribution in [0.3, 0.4) is 0 Å². The van der Waals surface area contributed by atoms with Gasteiger partial charge in [-0.2, -0.15) is 4.57 Å². The first-order chi connectivity index (χ1) is 21.5. The van der Waals surface area contributed by atoms with Gasteiger partial charge in [-0.15, -0.1) is 0 Å². The zero-order chi connectivity index (χ0) is 31.3. The summed E-state index contributed by atoms with van der Waals surface area (Å²) in [4.78, 5) is 0. The van der Waals surface area contributed by atoms with Crippen LogP contribution in [0.1, 0.15) is 66.2 Å². The summed E-state index contributed by atoms with van der Waals surface area (Å²) in [6.45, 7) is 8.48. The van der Waals surface area contributed by atoms with Gasteiger partial charge in [-0.25, -0.2) is 0 Å². The summed E-state index contributed by atoms with van der Waals surface area (Å²) in [5, 5.41) is 0. The van der Waals surface area contributed by atoms with E-state index in [1.807, 2.05) is 32.9 Å². The SMILES string of the molecule is CC1(C)OC[C@H]2O[C@H]3C[C@H]4O[C@H]5CCC=C(OP(=O)(Oc6ccccc6)Oc6ccccc6)O[C@]5(C)C[C@]4(C)O[C@@H]3CC[C@@H]2O1. The Bertz CT molecular complexity index is 1370. The van der Waals surface area contributed by atoms with Gasteiger partial charge in [0, 0.05) is 12.8 Å². The first kappa shape index (κ1) is 31.0. The molecule has 0 unspecified atom stereocenters. The van der Waals surface area contributed by atoms with Gasteiger partial charge in [0.25, 0.3) is 5.95 Å². The molecule has 0 amide bonds. The molecule has 5 heterocycles. The molecule has 0 bridgehead atoms. The second-order valence-corrected chi connectivity index (χ2v) is 15.0. The largest absolute Gasteiger partial charge is 0.649 e. The summed E-state index contributed by atoms with van der Waals surface area (Å²) >= 11 is 0. The van der Waals surface area contributed by atoms with Crippen LogP contribution in [0.4, 0.5) is 0 Å². The smallest absolute Gasteiger partial charge is 0.456 e. The zero-order valence-corrected chi connectivity index (χ0v) is 27.2. The number of fused-ring (bicyclic) bond motifs is 4. The molecule has 244 valence electrons. The maximum atomic E-state index is 14.1. The zero-order valence-electron chi connectivity index (χ0n) is 26.3. The monoisotopic (exact) mass is 642 g/mol. The summed E-state index contributed by atoms with van der Waals surface area (Å²) in [5.41, 5.74) is -1.46. The second kappa shape index (κ2) is 11.9. The highest BCUT2D eigenvalue weighted by atomic mass is 31.2. The molecule has 11 heteroatoms. The number of benzene rings is 2. The van der Waals surface area contributed by atoms with Gasteiger partial charge in [-0.1, -0.05) is 36.4 Å². The van der Waals surface area contributed by atoms with Gasteiger partial charge < -0.3 is 42.0 Å². The van der Waals surface area contributed by atoms with E-state index in [1.54, 1.807) is 54.6 Å². The first-order valence-corrected chi connectivity index (χ1v) is 17.4. The van der Waals surface area contributed by atoms with Crippen LogP contribution in [0.5, 0.6) is 11.5 Å². The molecule has 4 saturated heterocycles. The standard InChI is InChI=1S/C34H43O10P/c1-32(2)36-21-28-26(39-32)19-18-25-27(37-28)20-30-34(4,40-25)22-33(3)29(38-30)16-11-17-31(41-33)44-45(35,42-23-12-7-5-8-13-23)43-24-14-9-6-10-15-24/h5-10,12-15,17,25-30H,11,16,18-22H2,1-4H3/t25-,26+,27+,28-,29+,30-,33-,34+/m1/s1. The number of allylic oxidation sites excluding steroid dienone is 1. The van der Waals surface area contributed by atoms with Gasteiger partial charge in [0.2, 0.25) is 0 Å². The lowest BCUT2D eigenvalue weighted by Crippen LogP contribution is -2.66. The van der Waals surface area contributed by atoms with Crippen molar-refractivity contribution in [2.75, 3.05) is 6.61 Å². The fourth-order valence-corrected chi connectivity index (χ4v) is 8.54. The van der Waals surface area contributed by atoms with Crippen molar-refractivity contribution in [3.8, 4) is 11.5 Å². The van der Waals surface area contributed by atoms with E-state index in [9.17, 15) is 4.57 Å². The lowest BCUT2D eigenvalue weighted by Gasteiger charge is -2.56. The van der Waals surface area contributed by atoms with Crippen molar-refractivity contribution in [2.24, 2.45) is 0 Å². The highest BCUT2D eigenvalue weighted by molar-refractivity contribution is 7.49. The highest BCUT2D eigenvalue weighted by Crippen LogP contribution is 2.55. The van der Waals surface area contributed by atoms with Crippen molar-refractivity contribution in [1.29, 1.82) is 0 Å². The molecule has 0 N–H and O–H groups in total. The van der Waals surface area contributed by atoms with Crippen molar-refractivity contribution in [2.45, 2.75) is 120 Å². The van der Waals surface area contributed by atoms with E-state index in [-0.39, 0.29) is 42.6 Å². The minimum absolute atomic E-state index is 0.0395. The fourth-order valence-electron chi connectivity index (χ4n) is 7.34. The van der Waals surface area contributed by atoms with Crippen molar-refractivity contribution < 1.29 is 46.6 Å². The Morgan fingerprint density at radius 1 is 0.711 bits per heavy atom. The number of hydrogen-bond acceptors (Lipinski definition) is 10. The number of para-hydroxylation sites is 2. The van der Waals surface area contributed by atoms with Crippen molar-refractivity contribution in [3.63, 3.8) is 0 Å². The van der Waals surface area contributed by atoms with Gasteiger partial charge in [0.1, 0.15) is 23.2 Å². The Labute approximate surface area is 264 Å². The summed E-state index contributed by atoms with van der Waals surface area (Å²) in [6.07, 6.45) is 5.13.